The van der Waals surface area contributed by atoms with Crippen LogP contribution < -0.4 is 5.73 Å². The molecule has 0 fully saturated rings. The predicted molar refractivity (Wildman–Crippen MR) is 77.9 cm³/mol. The van der Waals surface area contributed by atoms with Crippen molar-refractivity contribution < 1.29 is 0 Å². The molecule has 18 heavy (non-hydrogen) atoms. The Kier molecular flexibility index (Phi) is 3.15. The summed E-state index contributed by atoms with van der Waals surface area (Å²) in [4.78, 5) is 11.5. The Morgan fingerprint density at radius 1 is 1.11 bits per heavy atom. The minimum Gasteiger partial charge on any atom is -0.383 e. The van der Waals surface area contributed by atoms with Crippen molar-refractivity contribution >= 4 is 17.2 Å². The monoisotopic (exact) mass is 261 g/mol. The summed E-state index contributed by atoms with van der Waals surface area (Å²) >= 11 is 1.74. The lowest BCUT2D eigenvalue weighted by Gasteiger charge is -2.19. The van der Waals surface area contributed by atoms with E-state index in [0.29, 0.717) is 5.82 Å². The van der Waals surface area contributed by atoms with E-state index in [2.05, 4.69) is 44.8 Å². The highest BCUT2D eigenvalue weighted by atomic mass is 32.1. The number of nitrogens with zero attached hydrogens (tertiary/aromatic N) is 2. The van der Waals surface area contributed by atoms with Gasteiger partial charge in [0.2, 0.25) is 0 Å². The van der Waals surface area contributed by atoms with Gasteiger partial charge in [0.25, 0.3) is 0 Å². The fraction of sp³-hybridized carbons (Fsp3) is 0.429. The zero-order chi connectivity index (χ0) is 13.5. The van der Waals surface area contributed by atoms with Gasteiger partial charge >= 0.3 is 0 Å². The molecule has 3 nitrogen and oxygen atoms in total. The minimum atomic E-state index is -0.0944. The molecule has 0 saturated carbocycles. The molecule has 0 aliphatic heterocycles. The third kappa shape index (κ3) is 2.38. The van der Waals surface area contributed by atoms with Crippen molar-refractivity contribution in [2.75, 3.05) is 5.73 Å². The van der Waals surface area contributed by atoms with Gasteiger partial charge in [0.15, 0.2) is 0 Å². The van der Waals surface area contributed by atoms with Gasteiger partial charge in [-0.15, -0.1) is 11.3 Å². The van der Waals surface area contributed by atoms with Gasteiger partial charge in [0.05, 0.1) is 10.6 Å². The van der Waals surface area contributed by atoms with E-state index >= 15 is 0 Å². The second-order valence-electron chi connectivity index (χ2n) is 5.57. The molecule has 0 aliphatic rings. The molecular formula is C14H19N3S. The Morgan fingerprint density at radius 2 is 1.78 bits per heavy atom. The molecule has 0 aromatic carbocycles. The number of hydrogen-bond acceptors (Lipinski definition) is 4. The average molecular weight is 261 g/mol. The Labute approximate surface area is 112 Å². The van der Waals surface area contributed by atoms with E-state index in [1.165, 1.54) is 4.88 Å². The number of nitrogen functional groups attached to an aromatic ring is 1. The first-order chi connectivity index (χ1) is 8.29. The summed E-state index contributed by atoms with van der Waals surface area (Å²) in [6.45, 7) is 10.4. The summed E-state index contributed by atoms with van der Waals surface area (Å²) in [7, 11) is 0. The lowest BCUT2D eigenvalue weighted by molar-refractivity contribution is 0.546. The Bertz CT molecular complexity index is 579. The summed E-state index contributed by atoms with van der Waals surface area (Å²) in [5.41, 5.74) is 7.85. The van der Waals surface area contributed by atoms with Crippen molar-refractivity contribution in [2.45, 2.75) is 40.0 Å². The maximum absolute atomic E-state index is 6.02. The van der Waals surface area contributed by atoms with Crippen LogP contribution in [0.4, 0.5) is 5.82 Å². The van der Waals surface area contributed by atoms with Crippen LogP contribution in [-0.4, -0.2) is 9.97 Å². The molecule has 0 spiro atoms. The van der Waals surface area contributed by atoms with E-state index < -0.39 is 0 Å². The van der Waals surface area contributed by atoms with Gasteiger partial charge in [-0.05, 0) is 26.0 Å². The van der Waals surface area contributed by atoms with Crippen LogP contribution in [0.15, 0.2) is 12.1 Å². The van der Waals surface area contributed by atoms with Crippen LogP contribution in [0.2, 0.25) is 0 Å². The summed E-state index contributed by atoms with van der Waals surface area (Å²) in [6.07, 6.45) is 0. The number of rotatable bonds is 1. The van der Waals surface area contributed by atoms with Gasteiger partial charge < -0.3 is 5.73 Å². The third-order valence-electron chi connectivity index (χ3n) is 2.83. The van der Waals surface area contributed by atoms with Crippen LogP contribution in [0, 0.1) is 13.8 Å². The number of thiophene rings is 1. The number of aryl methyl sites for hydroxylation is 1. The first-order valence-corrected chi connectivity index (χ1v) is 6.82. The van der Waals surface area contributed by atoms with Crippen molar-refractivity contribution in [3.63, 3.8) is 0 Å². The molecule has 96 valence electrons. The summed E-state index contributed by atoms with van der Waals surface area (Å²) < 4.78 is 0. The molecule has 2 rings (SSSR count). The third-order valence-corrected chi connectivity index (χ3v) is 3.84. The lowest BCUT2D eigenvalue weighted by atomic mass is 9.95. The Balaban J connectivity index is 2.63. The lowest BCUT2D eigenvalue weighted by Crippen LogP contribution is -2.18. The highest BCUT2D eigenvalue weighted by Gasteiger charge is 2.21. The molecule has 0 unspecified atom stereocenters. The van der Waals surface area contributed by atoms with Gasteiger partial charge in [-0.3, -0.25) is 0 Å². The molecule has 4 heteroatoms. The quantitative estimate of drug-likeness (QED) is 0.851. The first-order valence-electron chi connectivity index (χ1n) is 6.00. The van der Waals surface area contributed by atoms with Crippen molar-refractivity contribution in [1.82, 2.24) is 9.97 Å². The summed E-state index contributed by atoms with van der Waals surface area (Å²) in [5.74, 6) is 1.38. The van der Waals surface area contributed by atoms with Crippen molar-refractivity contribution in [1.29, 1.82) is 0 Å². The van der Waals surface area contributed by atoms with Crippen LogP contribution in [-0.2, 0) is 5.41 Å². The first kappa shape index (κ1) is 13.0. The standard InChI is InChI=1S/C14H19N3S/c1-8-6-7-10(18-8)11-9(2)12(15)17-13(16-11)14(3,4)5/h6-7H,1-5H3,(H2,15,16,17). The summed E-state index contributed by atoms with van der Waals surface area (Å²) in [5, 5.41) is 0. The second-order valence-corrected chi connectivity index (χ2v) is 6.85. The SMILES string of the molecule is Cc1ccc(-c2nc(C(C)(C)C)nc(N)c2C)s1. The molecule has 2 N–H and O–H groups in total. The molecule has 0 amide bonds. The molecule has 0 atom stereocenters. The predicted octanol–water partition coefficient (Wildman–Crippen LogP) is 3.70. The molecule has 2 heterocycles. The largest absolute Gasteiger partial charge is 0.383 e. The number of nitrogens with two attached hydrogens (primary N) is 1. The van der Waals surface area contributed by atoms with Crippen LogP contribution in [0.1, 0.15) is 37.0 Å². The zero-order valence-corrected chi connectivity index (χ0v) is 12.4. The maximum Gasteiger partial charge on any atom is 0.136 e. The highest BCUT2D eigenvalue weighted by molar-refractivity contribution is 7.15. The molecule has 0 aliphatic carbocycles. The van der Waals surface area contributed by atoms with Crippen LogP contribution in [0.3, 0.4) is 0 Å². The molecule has 0 saturated heterocycles. The number of aromatic nitrogens is 2. The fourth-order valence-electron chi connectivity index (χ4n) is 1.67. The van der Waals surface area contributed by atoms with Gasteiger partial charge in [-0.2, -0.15) is 0 Å². The Hall–Kier alpha value is -1.42. The normalized spacial score (nSPS) is 11.8. The smallest absolute Gasteiger partial charge is 0.136 e. The van der Waals surface area contributed by atoms with Crippen LogP contribution >= 0.6 is 11.3 Å². The van der Waals surface area contributed by atoms with E-state index in [-0.39, 0.29) is 5.41 Å². The van der Waals surface area contributed by atoms with Crippen molar-refractivity contribution in [3.05, 3.63) is 28.4 Å². The van der Waals surface area contributed by atoms with Crippen molar-refractivity contribution in [3.8, 4) is 10.6 Å². The maximum atomic E-state index is 6.02. The molecule has 0 bridgehead atoms. The minimum absolute atomic E-state index is 0.0944. The van der Waals surface area contributed by atoms with Crippen LogP contribution in [0.25, 0.3) is 10.6 Å². The fourth-order valence-corrected chi connectivity index (χ4v) is 2.59. The van der Waals surface area contributed by atoms with E-state index in [0.717, 1.165) is 22.0 Å². The Morgan fingerprint density at radius 3 is 2.28 bits per heavy atom. The van der Waals surface area contributed by atoms with E-state index in [1.807, 2.05) is 6.92 Å². The highest BCUT2D eigenvalue weighted by Crippen LogP contribution is 2.32. The van der Waals surface area contributed by atoms with E-state index in [4.69, 9.17) is 10.7 Å². The van der Waals surface area contributed by atoms with Gasteiger partial charge in [-0.1, -0.05) is 20.8 Å². The number of hydrogen-bond donors (Lipinski definition) is 1. The van der Waals surface area contributed by atoms with Gasteiger partial charge in [0.1, 0.15) is 11.6 Å². The zero-order valence-electron chi connectivity index (χ0n) is 11.5. The molecule has 0 radical (unpaired) electrons. The number of anilines is 1. The van der Waals surface area contributed by atoms with Gasteiger partial charge in [0, 0.05) is 15.9 Å². The van der Waals surface area contributed by atoms with Crippen molar-refractivity contribution in [2.24, 2.45) is 0 Å². The van der Waals surface area contributed by atoms with E-state index in [1.54, 1.807) is 11.3 Å². The molecule has 2 aromatic heterocycles. The van der Waals surface area contributed by atoms with E-state index in [9.17, 15) is 0 Å². The second kappa shape index (κ2) is 4.35. The summed E-state index contributed by atoms with van der Waals surface area (Å²) in [6, 6.07) is 4.20. The molecular weight excluding hydrogens is 242 g/mol. The topological polar surface area (TPSA) is 51.8 Å². The van der Waals surface area contributed by atoms with Gasteiger partial charge in [-0.25, -0.2) is 9.97 Å². The van der Waals surface area contributed by atoms with Crippen LogP contribution in [0.5, 0.6) is 0 Å². The molecule has 2 aromatic rings. The average Bonchev–Trinajstić information content (AvgIpc) is 2.67.